The third-order valence-corrected chi connectivity index (χ3v) is 0.907. The summed E-state index contributed by atoms with van der Waals surface area (Å²) in [5, 5.41) is 8.72. The highest BCUT2D eigenvalue weighted by molar-refractivity contribution is 4.73. The van der Waals surface area contributed by atoms with E-state index < -0.39 is 12.0 Å². The van der Waals surface area contributed by atoms with Gasteiger partial charge in [-0.05, 0) is 6.92 Å². The lowest BCUT2D eigenvalue weighted by molar-refractivity contribution is -0.118. The van der Waals surface area contributed by atoms with Crippen LogP contribution in [0.3, 0.4) is 0 Å². The summed E-state index contributed by atoms with van der Waals surface area (Å²) in [6.45, 7) is 0.686. The van der Waals surface area contributed by atoms with Gasteiger partial charge in [-0.3, -0.25) is 0 Å². The van der Waals surface area contributed by atoms with Crippen molar-refractivity contribution in [3.63, 3.8) is 0 Å². The lowest BCUT2D eigenvalue weighted by atomic mass is 10.1. The van der Waals surface area contributed by atoms with E-state index in [9.17, 15) is 8.78 Å². The topological polar surface area (TPSA) is 29.5 Å². The molecule has 56 valence electrons. The van der Waals surface area contributed by atoms with Crippen LogP contribution in [0.25, 0.3) is 0 Å². The molecule has 0 aliphatic heterocycles. The summed E-state index contributed by atoms with van der Waals surface area (Å²) in [5.74, 6) is 0. The van der Waals surface area contributed by atoms with Crippen LogP contribution in [0.2, 0.25) is 0 Å². The van der Waals surface area contributed by atoms with Crippen molar-refractivity contribution in [2.45, 2.75) is 19.0 Å². The molecule has 0 saturated carbocycles. The molecule has 1 N–H and O–H groups in total. The van der Waals surface area contributed by atoms with E-state index in [1.54, 1.807) is 0 Å². The van der Waals surface area contributed by atoms with Gasteiger partial charge in [0.05, 0.1) is 6.61 Å². The average Bonchev–Trinajstić information content (AvgIpc) is 1.65. The quantitative estimate of drug-likeness (QED) is 0.623. The zero-order valence-corrected chi connectivity index (χ0v) is 5.40. The smallest absolute Gasteiger partial charge is 0.268 e. The van der Waals surface area contributed by atoms with E-state index >= 15 is 0 Å². The molecule has 0 aliphatic rings. The first-order valence-electron chi connectivity index (χ1n) is 2.50. The van der Waals surface area contributed by atoms with Crippen LogP contribution in [0.15, 0.2) is 0 Å². The van der Waals surface area contributed by atoms with Crippen LogP contribution in [0.1, 0.15) is 6.92 Å². The lowest BCUT2D eigenvalue weighted by Crippen LogP contribution is -2.38. The van der Waals surface area contributed by atoms with E-state index in [0.717, 1.165) is 6.92 Å². The van der Waals surface area contributed by atoms with Crippen LogP contribution in [-0.4, -0.2) is 30.8 Å². The number of ether oxygens (including phenoxy) is 1. The van der Waals surface area contributed by atoms with Gasteiger partial charge in [0.2, 0.25) is 0 Å². The van der Waals surface area contributed by atoms with E-state index in [2.05, 4.69) is 4.74 Å². The van der Waals surface area contributed by atoms with Gasteiger partial charge in [0, 0.05) is 7.11 Å². The summed E-state index contributed by atoms with van der Waals surface area (Å²) in [5.41, 5.74) is -2.01. The molecule has 4 heteroatoms. The number of aliphatic hydroxyl groups is 1. The first kappa shape index (κ1) is 8.78. The standard InChI is InChI=1S/C5H10F2O2/c1-5(8,3-9-2)4(6)7/h4,8H,3H2,1-2H3. The Hall–Kier alpha value is -0.220. The zero-order valence-electron chi connectivity index (χ0n) is 5.40. The molecule has 0 spiro atoms. The fraction of sp³-hybridized carbons (Fsp3) is 1.00. The molecule has 0 aromatic heterocycles. The van der Waals surface area contributed by atoms with Crippen molar-refractivity contribution in [3.05, 3.63) is 0 Å². The van der Waals surface area contributed by atoms with Crippen LogP contribution in [0, 0.1) is 0 Å². The molecule has 0 heterocycles. The fourth-order valence-electron chi connectivity index (χ4n) is 0.355. The predicted molar refractivity (Wildman–Crippen MR) is 28.5 cm³/mol. The SMILES string of the molecule is COCC(C)(O)C(F)F. The van der Waals surface area contributed by atoms with Gasteiger partial charge in [-0.1, -0.05) is 0 Å². The average molecular weight is 140 g/mol. The number of hydrogen-bond donors (Lipinski definition) is 1. The van der Waals surface area contributed by atoms with E-state index in [1.165, 1.54) is 7.11 Å². The first-order valence-corrected chi connectivity index (χ1v) is 2.50. The minimum absolute atomic E-state index is 0.343. The second-order valence-corrected chi connectivity index (χ2v) is 2.09. The van der Waals surface area contributed by atoms with E-state index in [-0.39, 0.29) is 6.61 Å². The van der Waals surface area contributed by atoms with Gasteiger partial charge in [-0.15, -0.1) is 0 Å². The van der Waals surface area contributed by atoms with Crippen molar-refractivity contribution in [2.24, 2.45) is 0 Å². The minimum atomic E-state index is -2.75. The summed E-state index contributed by atoms with van der Waals surface area (Å²) in [4.78, 5) is 0. The Bertz CT molecular complexity index is 83.0. The maximum absolute atomic E-state index is 11.7. The van der Waals surface area contributed by atoms with E-state index in [1.807, 2.05) is 0 Å². The molecule has 0 aromatic rings. The molecule has 0 amide bonds. The highest BCUT2D eigenvalue weighted by atomic mass is 19.3. The maximum atomic E-state index is 11.7. The summed E-state index contributed by atoms with van der Waals surface area (Å²) < 4.78 is 27.7. The number of alkyl halides is 2. The summed E-state index contributed by atoms with van der Waals surface area (Å²) in [6, 6.07) is 0. The molecular weight excluding hydrogens is 130 g/mol. The second-order valence-electron chi connectivity index (χ2n) is 2.09. The third-order valence-electron chi connectivity index (χ3n) is 0.907. The van der Waals surface area contributed by atoms with Crippen molar-refractivity contribution in [1.29, 1.82) is 0 Å². The molecule has 2 nitrogen and oxygen atoms in total. The number of rotatable bonds is 3. The van der Waals surface area contributed by atoms with Crippen molar-refractivity contribution in [3.8, 4) is 0 Å². The van der Waals surface area contributed by atoms with Gasteiger partial charge in [0.1, 0.15) is 5.60 Å². The van der Waals surface area contributed by atoms with Gasteiger partial charge in [-0.25, -0.2) is 8.78 Å². The summed E-state index contributed by atoms with van der Waals surface area (Å²) >= 11 is 0. The highest BCUT2D eigenvalue weighted by Crippen LogP contribution is 2.14. The highest BCUT2D eigenvalue weighted by Gasteiger charge is 2.31. The summed E-state index contributed by atoms with van der Waals surface area (Å²) in [6.07, 6.45) is -2.75. The van der Waals surface area contributed by atoms with E-state index in [4.69, 9.17) is 5.11 Å². The monoisotopic (exact) mass is 140 g/mol. The summed E-state index contributed by atoms with van der Waals surface area (Å²) in [7, 11) is 1.26. The van der Waals surface area contributed by atoms with Crippen LogP contribution in [-0.2, 0) is 4.74 Å². The molecule has 1 atom stereocenters. The Labute approximate surface area is 52.4 Å². The molecule has 9 heavy (non-hydrogen) atoms. The minimum Gasteiger partial charge on any atom is -0.382 e. The van der Waals surface area contributed by atoms with Gasteiger partial charge in [0.15, 0.2) is 0 Å². The van der Waals surface area contributed by atoms with Gasteiger partial charge in [0.25, 0.3) is 6.43 Å². The molecule has 0 rings (SSSR count). The Balaban J connectivity index is 3.70. The molecular formula is C5H10F2O2. The largest absolute Gasteiger partial charge is 0.382 e. The molecule has 1 unspecified atom stereocenters. The van der Waals surface area contributed by atoms with Crippen molar-refractivity contribution in [1.82, 2.24) is 0 Å². The Kier molecular flexibility index (Phi) is 3.00. The Morgan fingerprint density at radius 1 is 1.67 bits per heavy atom. The van der Waals surface area contributed by atoms with Crippen LogP contribution in [0.5, 0.6) is 0 Å². The maximum Gasteiger partial charge on any atom is 0.268 e. The van der Waals surface area contributed by atoms with Gasteiger partial charge in [-0.2, -0.15) is 0 Å². The van der Waals surface area contributed by atoms with Crippen LogP contribution in [0.4, 0.5) is 8.78 Å². The fourth-order valence-corrected chi connectivity index (χ4v) is 0.355. The number of halogens is 2. The molecule has 0 aliphatic carbocycles. The number of hydrogen-bond acceptors (Lipinski definition) is 2. The van der Waals surface area contributed by atoms with Gasteiger partial charge >= 0.3 is 0 Å². The van der Waals surface area contributed by atoms with Crippen molar-refractivity contribution in [2.75, 3.05) is 13.7 Å². The molecule has 0 radical (unpaired) electrons. The molecule has 0 fully saturated rings. The van der Waals surface area contributed by atoms with Crippen LogP contribution < -0.4 is 0 Å². The van der Waals surface area contributed by atoms with E-state index in [0.29, 0.717) is 0 Å². The Morgan fingerprint density at radius 2 is 2.11 bits per heavy atom. The predicted octanol–water partition coefficient (Wildman–Crippen LogP) is 0.649. The van der Waals surface area contributed by atoms with Gasteiger partial charge < -0.3 is 9.84 Å². The molecule has 0 bridgehead atoms. The van der Waals surface area contributed by atoms with Crippen molar-refractivity contribution < 1.29 is 18.6 Å². The van der Waals surface area contributed by atoms with Crippen molar-refractivity contribution >= 4 is 0 Å². The normalized spacial score (nSPS) is 18.0. The van der Waals surface area contributed by atoms with Crippen LogP contribution >= 0.6 is 0 Å². The Morgan fingerprint density at radius 3 is 2.22 bits per heavy atom. The number of methoxy groups -OCH3 is 1. The third kappa shape index (κ3) is 2.72. The lowest BCUT2D eigenvalue weighted by Gasteiger charge is -2.20. The zero-order chi connectivity index (χ0) is 7.49. The molecule has 0 saturated heterocycles. The second kappa shape index (κ2) is 3.08. The molecule has 0 aromatic carbocycles. The first-order chi connectivity index (χ1) is 4.00.